The summed E-state index contributed by atoms with van der Waals surface area (Å²) in [6, 6.07) is 12.1. The molecule has 0 aromatic heterocycles. The first-order chi connectivity index (χ1) is 13.0. The molecule has 4 rings (SSSR count). The van der Waals surface area contributed by atoms with Crippen molar-refractivity contribution in [2.45, 2.75) is 19.0 Å². The molecule has 3 amide bonds. The van der Waals surface area contributed by atoms with Crippen molar-refractivity contribution < 1.29 is 19.1 Å². The number of nitrogens with zero attached hydrogens (tertiary/aromatic N) is 3. The minimum atomic E-state index is -0.646. The van der Waals surface area contributed by atoms with E-state index >= 15 is 0 Å². The van der Waals surface area contributed by atoms with Crippen molar-refractivity contribution in [2.75, 3.05) is 26.7 Å². The zero-order valence-electron chi connectivity index (χ0n) is 15.3. The van der Waals surface area contributed by atoms with Gasteiger partial charge in [0.2, 0.25) is 11.8 Å². The lowest BCUT2D eigenvalue weighted by Crippen LogP contribution is -2.69. The van der Waals surface area contributed by atoms with Crippen LogP contribution in [0, 0.1) is 0 Å². The fraction of sp³-hybridized carbons (Fsp3) is 0.350. The van der Waals surface area contributed by atoms with Crippen LogP contribution in [0.2, 0.25) is 0 Å². The van der Waals surface area contributed by atoms with Gasteiger partial charge >= 0.3 is 6.09 Å². The number of benzene rings is 2. The average molecular weight is 367 g/mol. The standard InChI is InChI=1S/C20H21N3O4/c1-13-18(24)23-11-10-22(12-16(23)19(25)21(13)2)20(26)27-17-9-5-7-14-6-3-4-8-15(14)17/h3-9,13,16H,10-12H2,1-2H3/t13-,16+/m0/s1. The number of rotatable bonds is 1. The van der Waals surface area contributed by atoms with Gasteiger partial charge in [0.25, 0.3) is 0 Å². The maximum absolute atomic E-state index is 12.7. The van der Waals surface area contributed by atoms with Gasteiger partial charge < -0.3 is 19.4 Å². The molecule has 0 radical (unpaired) electrons. The summed E-state index contributed by atoms with van der Waals surface area (Å²) in [6.45, 7) is 2.54. The van der Waals surface area contributed by atoms with Gasteiger partial charge in [-0.2, -0.15) is 0 Å². The Morgan fingerprint density at radius 3 is 2.59 bits per heavy atom. The fourth-order valence-corrected chi connectivity index (χ4v) is 3.70. The lowest BCUT2D eigenvalue weighted by molar-refractivity contribution is -0.162. The van der Waals surface area contributed by atoms with Gasteiger partial charge in [-0.25, -0.2) is 4.79 Å². The molecule has 7 nitrogen and oxygen atoms in total. The summed E-state index contributed by atoms with van der Waals surface area (Å²) < 4.78 is 5.62. The molecule has 7 heteroatoms. The second-order valence-electron chi connectivity index (χ2n) is 6.96. The second-order valence-corrected chi connectivity index (χ2v) is 6.96. The van der Waals surface area contributed by atoms with Crippen molar-refractivity contribution in [3.8, 4) is 5.75 Å². The largest absolute Gasteiger partial charge is 0.415 e. The molecule has 2 fully saturated rings. The summed E-state index contributed by atoms with van der Waals surface area (Å²) in [5, 5.41) is 1.83. The number of hydrogen-bond acceptors (Lipinski definition) is 4. The van der Waals surface area contributed by atoms with Crippen molar-refractivity contribution in [3.05, 3.63) is 42.5 Å². The van der Waals surface area contributed by atoms with Gasteiger partial charge in [-0.1, -0.05) is 36.4 Å². The van der Waals surface area contributed by atoms with Crippen LogP contribution >= 0.6 is 0 Å². The van der Waals surface area contributed by atoms with Crippen LogP contribution < -0.4 is 4.74 Å². The third-order valence-electron chi connectivity index (χ3n) is 5.44. The predicted octanol–water partition coefficient (Wildman–Crippen LogP) is 1.71. The van der Waals surface area contributed by atoms with Gasteiger partial charge in [-0.15, -0.1) is 0 Å². The third kappa shape index (κ3) is 2.89. The van der Waals surface area contributed by atoms with Gasteiger partial charge in [0.15, 0.2) is 0 Å². The molecule has 2 saturated heterocycles. The summed E-state index contributed by atoms with van der Waals surface area (Å²) >= 11 is 0. The molecule has 2 atom stereocenters. The maximum Gasteiger partial charge on any atom is 0.415 e. The molecule has 0 saturated carbocycles. The highest BCUT2D eigenvalue weighted by molar-refractivity contribution is 5.97. The van der Waals surface area contributed by atoms with Crippen LogP contribution in [0.4, 0.5) is 4.79 Å². The first-order valence-corrected chi connectivity index (χ1v) is 8.99. The highest BCUT2D eigenvalue weighted by Gasteiger charge is 2.45. The number of ether oxygens (including phenoxy) is 1. The maximum atomic E-state index is 12.7. The summed E-state index contributed by atoms with van der Waals surface area (Å²) in [7, 11) is 1.62. The lowest BCUT2D eigenvalue weighted by atomic mass is 10.0. The molecule has 0 bridgehead atoms. The predicted molar refractivity (Wildman–Crippen MR) is 99.3 cm³/mol. The third-order valence-corrected chi connectivity index (χ3v) is 5.44. The SMILES string of the molecule is C[C@H]1C(=O)N2CCN(C(=O)Oc3cccc4ccccc34)C[C@@H]2C(=O)N1C. The molecular formula is C20H21N3O4. The number of carbonyl (C=O) groups is 3. The zero-order chi connectivity index (χ0) is 19.1. The molecule has 2 heterocycles. The van der Waals surface area contributed by atoms with Crippen molar-refractivity contribution in [1.29, 1.82) is 0 Å². The van der Waals surface area contributed by atoms with E-state index in [2.05, 4.69) is 0 Å². The molecule has 140 valence electrons. The van der Waals surface area contributed by atoms with E-state index in [4.69, 9.17) is 4.74 Å². The number of fused-ring (bicyclic) bond motifs is 2. The molecule has 0 N–H and O–H groups in total. The average Bonchev–Trinajstić information content (AvgIpc) is 2.70. The highest BCUT2D eigenvalue weighted by atomic mass is 16.6. The van der Waals surface area contributed by atoms with Crippen LogP contribution in [0.15, 0.2) is 42.5 Å². The van der Waals surface area contributed by atoms with Crippen LogP contribution in [0.25, 0.3) is 10.8 Å². The van der Waals surface area contributed by atoms with E-state index < -0.39 is 18.2 Å². The van der Waals surface area contributed by atoms with Crippen LogP contribution in [0.5, 0.6) is 5.75 Å². The van der Waals surface area contributed by atoms with E-state index in [1.54, 1.807) is 24.9 Å². The zero-order valence-corrected chi connectivity index (χ0v) is 15.3. The smallest absolute Gasteiger partial charge is 0.410 e. The molecule has 2 aliphatic heterocycles. The van der Waals surface area contributed by atoms with Crippen LogP contribution in [-0.2, 0) is 9.59 Å². The van der Waals surface area contributed by atoms with E-state index in [9.17, 15) is 14.4 Å². The molecule has 2 aromatic carbocycles. The summed E-state index contributed by atoms with van der Waals surface area (Å²) in [5.41, 5.74) is 0. The first kappa shape index (κ1) is 17.3. The van der Waals surface area contributed by atoms with Gasteiger partial charge in [-0.3, -0.25) is 9.59 Å². The Labute approximate surface area is 157 Å². The minimum absolute atomic E-state index is 0.0795. The van der Waals surface area contributed by atoms with Crippen LogP contribution in [0.3, 0.4) is 0 Å². The van der Waals surface area contributed by atoms with E-state index in [-0.39, 0.29) is 18.4 Å². The Morgan fingerprint density at radius 1 is 1.04 bits per heavy atom. The molecule has 0 aliphatic carbocycles. The fourth-order valence-electron chi connectivity index (χ4n) is 3.70. The number of likely N-dealkylation sites (N-methyl/N-ethyl adjacent to an activating group) is 1. The monoisotopic (exact) mass is 367 g/mol. The van der Waals surface area contributed by atoms with Gasteiger partial charge in [-0.05, 0) is 18.4 Å². The topological polar surface area (TPSA) is 70.2 Å². The normalized spacial score (nSPS) is 22.8. The highest BCUT2D eigenvalue weighted by Crippen LogP contribution is 2.27. The molecule has 0 unspecified atom stereocenters. The van der Waals surface area contributed by atoms with Crippen molar-refractivity contribution in [1.82, 2.24) is 14.7 Å². The molecule has 0 spiro atoms. The van der Waals surface area contributed by atoms with E-state index in [0.717, 1.165) is 10.8 Å². The van der Waals surface area contributed by atoms with Crippen LogP contribution in [0.1, 0.15) is 6.92 Å². The van der Waals surface area contributed by atoms with Crippen molar-refractivity contribution in [3.63, 3.8) is 0 Å². The number of carbonyl (C=O) groups excluding carboxylic acids is 3. The van der Waals surface area contributed by atoms with E-state index in [0.29, 0.717) is 18.8 Å². The summed E-state index contributed by atoms with van der Waals surface area (Å²) in [4.78, 5) is 42.2. The molecular weight excluding hydrogens is 346 g/mol. The second kappa shape index (κ2) is 6.57. The van der Waals surface area contributed by atoms with Crippen molar-refractivity contribution in [2.24, 2.45) is 0 Å². The quantitative estimate of drug-likeness (QED) is 0.769. The Balaban J connectivity index is 1.52. The Morgan fingerprint density at radius 2 is 1.78 bits per heavy atom. The molecule has 27 heavy (non-hydrogen) atoms. The molecule has 2 aliphatic rings. The number of hydrogen-bond donors (Lipinski definition) is 0. The Kier molecular flexibility index (Phi) is 4.22. The van der Waals surface area contributed by atoms with E-state index in [1.165, 1.54) is 9.80 Å². The Hall–Kier alpha value is -3.09. The summed E-state index contributed by atoms with van der Waals surface area (Å²) in [6.07, 6.45) is -0.507. The molecule has 2 aromatic rings. The first-order valence-electron chi connectivity index (χ1n) is 8.99. The van der Waals surface area contributed by atoms with Crippen LogP contribution in [-0.4, -0.2) is 71.4 Å². The van der Waals surface area contributed by atoms with Gasteiger partial charge in [0, 0.05) is 25.5 Å². The summed E-state index contributed by atoms with van der Waals surface area (Å²) in [5.74, 6) is 0.256. The van der Waals surface area contributed by atoms with Gasteiger partial charge in [0.05, 0.1) is 6.54 Å². The van der Waals surface area contributed by atoms with E-state index in [1.807, 2.05) is 36.4 Å². The van der Waals surface area contributed by atoms with Crippen molar-refractivity contribution >= 4 is 28.7 Å². The lowest BCUT2D eigenvalue weighted by Gasteiger charge is -2.47. The number of amides is 3. The minimum Gasteiger partial charge on any atom is -0.410 e. The van der Waals surface area contributed by atoms with Gasteiger partial charge in [0.1, 0.15) is 17.8 Å². The number of piperazine rings is 2. The Bertz CT molecular complexity index is 923.